The fourth-order valence-corrected chi connectivity index (χ4v) is 4.49. The molecule has 7 nitrogen and oxygen atoms in total. The predicted octanol–water partition coefficient (Wildman–Crippen LogP) is 2.81. The number of aryl methyl sites for hydroxylation is 3. The van der Waals surface area contributed by atoms with Crippen LogP contribution in [-0.2, 0) is 21.2 Å². The highest BCUT2D eigenvalue weighted by atomic mass is 32.2. The van der Waals surface area contributed by atoms with Crippen molar-refractivity contribution in [3.63, 3.8) is 0 Å². The number of nitrogens with one attached hydrogen (secondary N) is 1. The molecule has 0 radical (unpaired) electrons. The minimum atomic E-state index is -3.60. The highest BCUT2D eigenvalue weighted by Crippen LogP contribution is 2.24. The first kappa shape index (κ1) is 20.1. The van der Waals surface area contributed by atoms with Crippen LogP contribution in [0.4, 0.5) is 5.69 Å². The first-order valence-corrected chi connectivity index (χ1v) is 9.97. The predicted molar refractivity (Wildman–Crippen MR) is 99.6 cm³/mol. The molecule has 0 spiro atoms. The van der Waals surface area contributed by atoms with Gasteiger partial charge in [-0.15, -0.1) is 0 Å². The first-order valence-electron chi connectivity index (χ1n) is 8.53. The number of sulfonamides is 1. The van der Waals surface area contributed by atoms with Crippen molar-refractivity contribution in [2.24, 2.45) is 0 Å². The molecule has 8 heteroatoms. The van der Waals surface area contributed by atoms with Gasteiger partial charge < -0.3 is 9.84 Å². The average Bonchev–Trinajstić information content (AvgIpc) is 2.89. The Hall–Kier alpha value is -2.19. The SMILES string of the molecule is CCN(CC)S(=O)(=O)c1cc(NC(=O)Cc2c(C)noc2C)ccc1C. The maximum Gasteiger partial charge on any atom is 0.243 e. The van der Waals surface area contributed by atoms with Crippen LogP contribution in [0.5, 0.6) is 0 Å². The van der Waals surface area contributed by atoms with Gasteiger partial charge in [0.15, 0.2) is 0 Å². The summed E-state index contributed by atoms with van der Waals surface area (Å²) in [6, 6.07) is 4.90. The van der Waals surface area contributed by atoms with Crippen molar-refractivity contribution in [2.45, 2.75) is 45.9 Å². The summed E-state index contributed by atoms with van der Waals surface area (Å²) < 4.78 is 32.0. The van der Waals surface area contributed by atoms with Gasteiger partial charge in [0.2, 0.25) is 15.9 Å². The minimum absolute atomic E-state index is 0.118. The van der Waals surface area contributed by atoms with Crippen molar-refractivity contribution in [3.8, 4) is 0 Å². The lowest BCUT2D eigenvalue weighted by Gasteiger charge is -2.20. The number of hydrogen-bond acceptors (Lipinski definition) is 5. The molecule has 142 valence electrons. The average molecular weight is 379 g/mol. The van der Waals surface area contributed by atoms with Crippen LogP contribution in [0.15, 0.2) is 27.6 Å². The molecule has 1 heterocycles. The van der Waals surface area contributed by atoms with Gasteiger partial charge in [-0.2, -0.15) is 4.31 Å². The van der Waals surface area contributed by atoms with E-state index >= 15 is 0 Å². The minimum Gasteiger partial charge on any atom is -0.361 e. The summed E-state index contributed by atoms with van der Waals surface area (Å²) in [5, 5.41) is 6.59. The lowest BCUT2D eigenvalue weighted by molar-refractivity contribution is -0.115. The molecule has 0 unspecified atom stereocenters. The van der Waals surface area contributed by atoms with Gasteiger partial charge in [0.05, 0.1) is 17.0 Å². The zero-order valence-electron chi connectivity index (χ0n) is 15.8. The zero-order chi connectivity index (χ0) is 19.5. The normalized spacial score (nSPS) is 11.8. The Kier molecular flexibility index (Phi) is 6.20. The number of carbonyl (C=O) groups excluding carboxylic acids is 1. The third-order valence-electron chi connectivity index (χ3n) is 4.31. The Bertz CT molecular complexity index is 880. The summed E-state index contributed by atoms with van der Waals surface area (Å²) in [5.74, 6) is 0.348. The summed E-state index contributed by atoms with van der Waals surface area (Å²) in [4.78, 5) is 12.5. The molecule has 0 aliphatic rings. The van der Waals surface area contributed by atoms with E-state index in [-0.39, 0.29) is 17.2 Å². The molecule has 0 saturated carbocycles. The second kappa shape index (κ2) is 8.01. The smallest absolute Gasteiger partial charge is 0.243 e. The number of hydrogen-bond donors (Lipinski definition) is 1. The summed E-state index contributed by atoms with van der Waals surface area (Å²) in [6.45, 7) is 9.65. The summed E-state index contributed by atoms with van der Waals surface area (Å²) >= 11 is 0. The Balaban J connectivity index is 2.25. The number of carbonyl (C=O) groups is 1. The second-order valence-corrected chi connectivity index (χ2v) is 8.00. The highest BCUT2D eigenvalue weighted by molar-refractivity contribution is 7.89. The number of aromatic nitrogens is 1. The molecule has 0 fully saturated rings. The Labute approximate surface area is 154 Å². The van der Waals surface area contributed by atoms with Gasteiger partial charge in [0.25, 0.3) is 0 Å². The van der Waals surface area contributed by atoms with E-state index < -0.39 is 10.0 Å². The van der Waals surface area contributed by atoms with Gasteiger partial charge in [-0.25, -0.2) is 8.42 Å². The van der Waals surface area contributed by atoms with E-state index in [2.05, 4.69) is 10.5 Å². The largest absolute Gasteiger partial charge is 0.361 e. The van der Waals surface area contributed by atoms with Crippen LogP contribution in [0.25, 0.3) is 0 Å². The Morgan fingerprint density at radius 3 is 2.38 bits per heavy atom. The summed E-state index contributed by atoms with van der Waals surface area (Å²) in [6.07, 6.45) is 0.118. The lowest BCUT2D eigenvalue weighted by atomic mass is 10.1. The van der Waals surface area contributed by atoms with E-state index in [1.165, 1.54) is 10.4 Å². The van der Waals surface area contributed by atoms with E-state index in [9.17, 15) is 13.2 Å². The van der Waals surface area contributed by atoms with E-state index in [1.807, 2.05) is 0 Å². The zero-order valence-corrected chi connectivity index (χ0v) is 16.6. The molecule has 0 bridgehead atoms. The van der Waals surface area contributed by atoms with Gasteiger partial charge in [0.1, 0.15) is 5.76 Å². The van der Waals surface area contributed by atoms with Crippen LogP contribution in [0.1, 0.15) is 36.4 Å². The van der Waals surface area contributed by atoms with Gasteiger partial charge in [0, 0.05) is 24.3 Å². The molecule has 0 aliphatic carbocycles. The Morgan fingerprint density at radius 1 is 1.19 bits per heavy atom. The Morgan fingerprint density at radius 2 is 1.85 bits per heavy atom. The molecule has 1 N–H and O–H groups in total. The van der Waals surface area contributed by atoms with E-state index in [1.54, 1.807) is 46.8 Å². The molecule has 26 heavy (non-hydrogen) atoms. The van der Waals surface area contributed by atoms with Crippen molar-refractivity contribution in [3.05, 3.63) is 40.8 Å². The van der Waals surface area contributed by atoms with Crippen molar-refractivity contribution >= 4 is 21.6 Å². The van der Waals surface area contributed by atoms with Crippen LogP contribution in [-0.4, -0.2) is 36.9 Å². The molecule has 2 aromatic rings. The number of nitrogens with zero attached hydrogens (tertiary/aromatic N) is 2. The van der Waals surface area contributed by atoms with Crippen LogP contribution in [0, 0.1) is 20.8 Å². The third-order valence-corrected chi connectivity index (χ3v) is 6.51. The topological polar surface area (TPSA) is 92.5 Å². The van der Waals surface area contributed by atoms with Crippen LogP contribution >= 0.6 is 0 Å². The first-order chi connectivity index (χ1) is 12.2. The van der Waals surface area contributed by atoms with Crippen molar-refractivity contribution < 1.29 is 17.7 Å². The van der Waals surface area contributed by atoms with Gasteiger partial charge >= 0.3 is 0 Å². The molecule has 0 atom stereocenters. The molecule has 0 saturated heterocycles. The fraction of sp³-hybridized carbons (Fsp3) is 0.444. The molecule has 1 amide bonds. The number of anilines is 1. The van der Waals surface area contributed by atoms with Crippen LogP contribution in [0.2, 0.25) is 0 Å². The van der Waals surface area contributed by atoms with Gasteiger partial charge in [-0.3, -0.25) is 4.79 Å². The third kappa shape index (κ3) is 4.13. The van der Waals surface area contributed by atoms with Gasteiger partial charge in [-0.05, 0) is 38.5 Å². The van der Waals surface area contributed by atoms with Crippen LogP contribution < -0.4 is 5.32 Å². The maximum atomic E-state index is 12.8. The quantitative estimate of drug-likeness (QED) is 0.798. The maximum absolute atomic E-state index is 12.8. The standard InChI is InChI=1S/C18H25N3O4S/c1-6-21(7-2)26(23,24)17-10-15(9-8-12(17)3)19-18(22)11-16-13(4)20-25-14(16)5/h8-10H,6-7,11H2,1-5H3,(H,19,22). The summed E-state index contributed by atoms with van der Waals surface area (Å²) in [5.41, 5.74) is 2.50. The molecule has 1 aromatic heterocycles. The number of benzene rings is 1. The molecule has 2 rings (SSSR count). The molecule has 0 aliphatic heterocycles. The van der Waals surface area contributed by atoms with Crippen molar-refractivity contribution in [2.75, 3.05) is 18.4 Å². The van der Waals surface area contributed by atoms with Crippen molar-refractivity contribution in [1.29, 1.82) is 0 Å². The highest BCUT2D eigenvalue weighted by Gasteiger charge is 2.24. The van der Waals surface area contributed by atoms with E-state index in [4.69, 9.17) is 4.52 Å². The number of amides is 1. The van der Waals surface area contributed by atoms with Crippen LogP contribution in [0.3, 0.4) is 0 Å². The van der Waals surface area contributed by atoms with E-state index in [0.717, 1.165) is 5.56 Å². The fourth-order valence-electron chi connectivity index (χ4n) is 2.78. The monoisotopic (exact) mass is 379 g/mol. The second-order valence-electron chi connectivity index (χ2n) is 6.10. The van der Waals surface area contributed by atoms with E-state index in [0.29, 0.717) is 35.8 Å². The molecular formula is C18H25N3O4S. The summed E-state index contributed by atoms with van der Waals surface area (Å²) in [7, 11) is -3.60. The molecule has 1 aromatic carbocycles. The molecular weight excluding hydrogens is 354 g/mol. The lowest BCUT2D eigenvalue weighted by Crippen LogP contribution is -2.31. The number of rotatable bonds is 7. The van der Waals surface area contributed by atoms with Crippen molar-refractivity contribution in [1.82, 2.24) is 9.46 Å². The van der Waals surface area contributed by atoms with Gasteiger partial charge in [-0.1, -0.05) is 25.1 Å².